The molecular formula is C24H32N6O2. The molecule has 1 aromatic carbocycles. The molecule has 2 unspecified atom stereocenters. The number of cyclic esters (lactones) is 1. The van der Waals surface area contributed by atoms with Crippen molar-refractivity contribution in [2.24, 2.45) is 5.92 Å². The first kappa shape index (κ1) is 21.2. The Balaban J connectivity index is 1.28. The Bertz CT molecular complexity index is 955. The van der Waals surface area contributed by atoms with E-state index in [2.05, 4.69) is 56.7 Å². The fraction of sp³-hybridized carbons (Fsp3) is 0.542. The van der Waals surface area contributed by atoms with E-state index < -0.39 is 6.09 Å². The maximum atomic E-state index is 11.8. The number of amides is 1. The van der Waals surface area contributed by atoms with Crippen molar-refractivity contribution in [2.75, 3.05) is 43.4 Å². The van der Waals surface area contributed by atoms with E-state index in [0.29, 0.717) is 17.8 Å². The van der Waals surface area contributed by atoms with Gasteiger partial charge in [0.05, 0.1) is 11.6 Å². The van der Waals surface area contributed by atoms with E-state index in [1.54, 1.807) is 13.2 Å². The summed E-state index contributed by atoms with van der Waals surface area (Å²) in [5, 5.41) is 6.85. The van der Waals surface area contributed by atoms with Crippen molar-refractivity contribution in [3.63, 3.8) is 0 Å². The van der Waals surface area contributed by atoms with Crippen molar-refractivity contribution in [1.82, 2.24) is 20.2 Å². The van der Waals surface area contributed by atoms with E-state index in [9.17, 15) is 4.79 Å². The lowest BCUT2D eigenvalue weighted by molar-refractivity contribution is 0.143. The molecule has 2 N–H and O–H groups in total. The first-order valence-electron chi connectivity index (χ1n) is 11.7. The zero-order valence-corrected chi connectivity index (χ0v) is 18.9. The molecule has 5 rings (SSSR count). The molecule has 0 spiro atoms. The van der Waals surface area contributed by atoms with Crippen molar-refractivity contribution >= 4 is 17.9 Å². The number of ether oxygens (including phenoxy) is 1. The minimum Gasteiger partial charge on any atom is -0.444 e. The number of anilines is 2. The van der Waals surface area contributed by atoms with Crippen LogP contribution in [0.5, 0.6) is 0 Å². The van der Waals surface area contributed by atoms with E-state index in [4.69, 9.17) is 4.74 Å². The van der Waals surface area contributed by atoms with Crippen molar-refractivity contribution in [3.8, 4) is 0 Å². The van der Waals surface area contributed by atoms with E-state index >= 15 is 0 Å². The van der Waals surface area contributed by atoms with Crippen LogP contribution in [0.1, 0.15) is 55.0 Å². The van der Waals surface area contributed by atoms with Crippen molar-refractivity contribution in [2.45, 2.75) is 44.9 Å². The molecule has 3 heterocycles. The third kappa shape index (κ3) is 4.56. The molecular weight excluding hydrogens is 404 g/mol. The minimum atomic E-state index is -0.393. The molecule has 1 aliphatic carbocycles. The second kappa shape index (κ2) is 9.03. The highest BCUT2D eigenvalue weighted by atomic mass is 16.6. The van der Waals surface area contributed by atoms with Gasteiger partial charge in [-0.15, -0.1) is 0 Å². The van der Waals surface area contributed by atoms with Crippen LogP contribution in [0.15, 0.2) is 30.5 Å². The number of rotatable bonds is 7. The molecule has 2 aliphatic heterocycles. The first-order chi connectivity index (χ1) is 15.6. The average molecular weight is 437 g/mol. The average Bonchev–Trinajstić information content (AvgIpc) is 3.65. The van der Waals surface area contributed by atoms with Crippen molar-refractivity contribution < 1.29 is 9.53 Å². The van der Waals surface area contributed by atoms with Crippen molar-refractivity contribution in [1.29, 1.82) is 0 Å². The number of nitrogens with zero attached hydrogens (tertiary/aromatic N) is 4. The Morgan fingerprint density at radius 2 is 1.91 bits per heavy atom. The summed E-state index contributed by atoms with van der Waals surface area (Å²) in [7, 11) is 1.66. The van der Waals surface area contributed by atoms with Gasteiger partial charge >= 0.3 is 6.09 Å². The number of carbonyl (C=O) groups is 1. The number of piperazine rings is 1. The Kier molecular flexibility index (Phi) is 5.97. The third-order valence-corrected chi connectivity index (χ3v) is 6.80. The van der Waals surface area contributed by atoms with E-state index in [-0.39, 0.29) is 12.6 Å². The Morgan fingerprint density at radius 1 is 1.19 bits per heavy atom. The lowest BCUT2D eigenvalue weighted by Gasteiger charge is -2.35. The summed E-state index contributed by atoms with van der Waals surface area (Å²) >= 11 is 0. The predicted molar refractivity (Wildman–Crippen MR) is 124 cm³/mol. The molecule has 0 radical (unpaired) electrons. The van der Waals surface area contributed by atoms with Gasteiger partial charge in [-0.3, -0.25) is 9.80 Å². The zero-order chi connectivity index (χ0) is 22.1. The largest absolute Gasteiger partial charge is 0.444 e. The maximum Gasteiger partial charge on any atom is 0.415 e. The lowest BCUT2D eigenvalue weighted by atomic mass is 9.96. The number of benzene rings is 1. The van der Waals surface area contributed by atoms with Gasteiger partial charge in [-0.25, -0.2) is 9.78 Å². The van der Waals surface area contributed by atoms with Gasteiger partial charge in [0.2, 0.25) is 5.95 Å². The Labute approximate surface area is 189 Å². The Hall–Kier alpha value is -2.71. The molecule has 1 amide bonds. The SMILES string of the molecule is CC(Nc1ncc2c(n1)N(C)C(=O)OC2)c1ccc(C(CC2CC2)N2CCNCC2)cc1. The molecule has 8 nitrogen and oxygen atoms in total. The van der Waals surface area contributed by atoms with E-state index in [1.807, 2.05) is 0 Å². The molecule has 2 fully saturated rings. The molecule has 1 saturated heterocycles. The highest BCUT2D eigenvalue weighted by Crippen LogP contribution is 2.40. The lowest BCUT2D eigenvalue weighted by Crippen LogP contribution is -2.45. The standard InChI is InChI=1S/C24H32N6O2/c1-16(27-23-26-14-20-15-32-24(31)29(2)22(20)28-23)18-5-7-19(8-6-18)21(13-17-3-4-17)30-11-9-25-10-12-30/h5-8,14,16-17,21,25H,3-4,9-13,15H2,1-2H3,(H,26,27,28). The topological polar surface area (TPSA) is 82.6 Å². The van der Waals surface area contributed by atoms with Crippen LogP contribution in [0.25, 0.3) is 0 Å². The number of hydrogen-bond donors (Lipinski definition) is 2. The van der Waals surface area contributed by atoms with Crippen LogP contribution >= 0.6 is 0 Å². The maximum absolute atomic E-state index is 11.8. The number of carbonyl (C=O) groups excluding carboxylic acids is 1. The summed E-state index contributed by atoms with van der Waals surface area (Å²) in [4.78, 5) is 24.8. The fourth-order valence-corrected chi connectivity index (χ4v) is 4.63. The van der Waals surface area contributed by atoms with Crippen LogP contribution < -0.4 is 15.5 Å². The number of nitrogens with one attached hydrogen (secondary N) is 2. The second-order valence-electron chi connectivity index (χ2n) is 9.17. The van der Waals surface area contributed by atoms with Gasteiger partial charge in [0, 0.05) is 45.5 Å². The highest BCUT2D eigenvalue weighted by Gasteiger charge is 2.30. The normalized spacial score (nSPS) is 20.9. The summed E-state index contributed by atoms with van der Waals surface area (Å²) in [6, 6.07) is 9.58. The smallest absolute Gasteiger partial charge is 0.415 e. The van der Waals surface area contributed by atoms with Crippen molar-refractivity contribution in [3.05, 3.63) is 47.2 Å². The van der Waals surface area contributed by atoms with Crippen LogP contribution in [0.2, 0.25) is 0 Å². The summed E-state index contributed by atoms with van der Waals surface area (Å²) in [6.07, 6.45) is 5.37. The summed E-state index contributed by atoms with van der Waals surface area (Å²) in [6.45, 7) is 6.71. The number of hydrogen-bond acceptors (Lipinski definition) is 7. The van der Waals surface area contributed by atoms with Gasteiger partial charge in [-0.05, 0) is 30.4 Å². The molecule has 32 heavy (non-hydrogen) atoms. The third-order valence-electron chi connectivity index (χ3n) is 6.80. The first-order valence-corrected chi connectivity index (χ1v) is 11.7. The summed E-state index contributed by atoms with van der Waals surface area (Å²) < 4.78 is 5.09. The minimum absolute atomic E-state index is 0.0454. The fourth-order valence-electron chi connectivity index (χ4n) is 4.63. The van der Waals surface area contributed by atoms with Crippen LogP contribution in [0.4, 0.5) is 16.6 Å². The highest BCUT2D eigenvalue weighted by molar-refractivity contribution is 5.88. The van der Waals surface area contributed by atoms with Crippen LogP contribution in [0.3, 0.4) is 0 Å². The molecule has 1 aromatic heterocycles. The monoisotopic (exact) mass is 436 g/mol. The van der Waals surface area contributed by atoms with E-state index in [0.717, 1.165) is 37.7 Å². The molecule has 8 heteroatoms. The van der Waals surface area contributed by atoms with Crippen LogP contribution in [-0.2, 0) is 11.3 Å². The quantitative estimate of drug-likeness (QED) is 0.688. The molecule has 0 bridgehead atoms. The summed E-state index contributed by atoms with van der Waals surface area (Å²) in [5.74, 6) is 2.00. The molecule has 2 atom stereocenters. The number of fused-ring (bicyclic) bond motifs is 1. The van der Waals surface area contributed by atoms with Gasteiger partial charge < -0.3 is 15.4 Å². The Morgan fingerprint density at radius 3 is 2.62 bits per heavy atom. The van der Waals surface area contributed by atoms with Gasteiger partial charge in [-0.1, -0.05) is 37.1 Å². The molecule has 170 valence electrons. The van der Waals surface area contributed by atoms with Gasteiger partial charge in [0.1, 0.15) is 12.4 Å². The zero-order valence-electron chi connectivity index (χ0n) is 18.9. The van der Waals surface area contributed by atoms with Gasteiger partial charge in [0.25, 0.3) is 0 Å². The van der Waals surface area contributed by atoms with Crippen LogP contribution in [0, 0.1) is 5.92 Å². The molecule has 2 aromatic rings. The predicted octanol–water partition coefficient (Wildman–Crippen LogP) is 3.48. The second-order valence-corrected chi connectivity index (χ2v) is 9.17. The number of aromatic nitrogens is 2. The van der Waals surface area contributed by atoms with Crippen LogP contribution in [-0.4, -0.2) is 54.2 Å². The molecule has 3 aliphatic rings. The van der Waals surface area contributed by atoms with E-state index in [1.165, 1.54) is 35.3 Å². The van der Waals surface area contributed by atoms with Gasteiger partial charge in [-0.2, -0.15) is 4.98 Å². The molecule has 1 saturated carbocycles. The summed E-state index contributed by atoms with van der Waals surface area (Å²) in [5.41, 5.74) is 3.41. The van der Waals surface area contributed by atoms with Gasteiger partial charge in [0.15, 0.2) is 0 Å².